The molecule has 10 nitrogen and oxygen atoms in total. The van der Waals surface area contributed by atoms with Gasteiger partial charge < -0.3 is 32.3 Å². The molecule has 10 heteroatoms. The predicted molar refractivity (Wildman–Crippen MR) is 131 cm³/mol. The molecule has 3 amide bonds. The molecule has 1 aliphatic rings. The Morgan fingerprint density at radius 2 is 1.94 bits per heavy atom. The van der Waals surface area contributed by atoms with Crippen LogP contribution in [0.25, 0.3) is 0 Å². The van der Waals surface area contributed by atoms with E-state index in [-0.39, 0.29) is 41.7 Å². The molecule has 0 aromatic rings. The zero-order chi connectivity index (χ0) is 24.9. The van der Waals surface area contributed by atoms with Crippen molar-refractivity contribution in [2.75, 3.05) is 19.6 Å². The van der Waals surface area contributed by atoms with E-state index < -0.39 is 5.54 Å². The summed E-state index contributed by atoms with van der Waals surface area (Å²) in [6, 6.07) is -0.578. The van der Waals surface area contributed by atoms with E-state index in [0.29, 0.717) is 45.3 Å². The van der Waals surface area contributed by atoms with Gasteiger partial charge in [-0.3, -0.25) is 19.8 Å². The number of nitrogens with two attached hydrogens (primary N) is 1. The number of amides is 3. The monoisotopic (exact) mass is 467 g/mol. The molecule has 0 bridgehead atoms. The second-order valence-corrected chi connectivity index (χ2v) is 9.45. The van der Waals surface area contributed by atoms with Gasteiger partial charge in [0.15, 0.2) is 5.96 Å². The molecule has 0 spiro atoms. The second kappa shape index (κ2) is 14.7. The molecular formula is C23H45N7O3. The Labute approximate surface area is 198 Å². The van der Waals surface area contributed by atoms with Crippen molar-refractivity contribution in [2.24, 2.45) is 11.7 Å². The Morgan fingerprint density at radius 1 is 1.24 bits per heavy atom. The highest BCUT2D eigenvalue weighted by molar-refractivity contribution is 5.91. The number of guanidine groups is 1. The van der Waals surface area contributed by atoms with Crippen molar-refractivity contribution in [2.45, 2.75) is 96.7 Å². The van der Waals surface area contributed by atoms with E-state index >= 15 is 0 Å². The molecule has 1 fully saturated rings. The van der Waals surface area contributed by atoms with Gasteiger partial charge in [-0.15, -0.1) is 0 Å². The van der Waals surface area contributed by atoms with Crippen molar-refractivity contribution in [3.63, 3.8) is 0 Å². The molecule has 33 heavy (non-hydrogen) atoms. The Morgan fingerprint density at radius 3 is 2.58 bits per heavy atom. The highest BCUT2D eigenvalue weighted by Crippen LogP contribution is 2.18. The summed E-state index contributed by atoms with van der Waals surface area (Å²) >= 11 is 0. The highest BCUT2D eigenvalue weighted by Gasteiger charge is 2.36. The summed E-state index contributed by atoms with van der Waals surface area (Å²) in [7, 11) is 0. The average Bonchev–Trinajstić information content (AvgIpc) is 2.75. The third-order valence-electron chi connectivity index (χ3n) is 6.04. The fourth-order valence-electron chi connectivity index (χ4n) is 3.79. The van der Waals surface area contributed by atoms with Crippen LogP contribution in [0, 0.1) is 11.3 Å². The normalized spacial score (nSPS) is 25.8. The number of nitrogens with one attached hydrogen (secondary N) is 6. The van der Waals surface area contributed by atoms with Crippen LogP contribution in [-0.2, 0) is 14.4 Å². The Hall–Kier alpha value is -2.36. The average molecular weight is 468 g/mol. The van der Waals surface area contributed by atoms with Crippen LogP contribution >= 0.6 is 0 Å². The minimum absolute atomic E-state index is 0.0234. The summed E-state index contributed by atoms with van der Waals surface area (Å²) in [5, 5.41) is 22.4. The summed E-state index contributed by atoms with van der Waals surface area (Å²) in [5.74, 6) is -0.693. The lowest BCUT2D eigenvalue weighted by atomic mass is 9.91. The third kappa shape index (κ3) is 10.9. The molecule has 0 unspecified atom stereocenters. The van der Waals surface area contributed by atoms with Crippen molar-refractivity contribution in [1.82, 2.24) is 26.6 Å². The van der Waals surface area contributed by atoms with Crippen LogP contribution in [0.4, 0.5) is 0 Å². The summed E-state index contributed by atoms with van der Waals surface area (Å²) in [6.07, 6.45) is 6.07. The Balaban J connectivity index is 3.02. The van der Waals surface area contributed by atoms with Gasteiger partial charge in [0, 0.05) is 31.6 Å². The highest BCUT2D eigenvalue weighted by atomic mass is 16.2. The van der Waals surface area contributed by atoms with Gasteiger partial charge in [0.05, 0.1) is 6.04 Å². The van der Waals surface area contributed by atoms with Crippen LogP contribution in [0.15, 0.2) is 0 Å². The van der Waals surface area contributed by atoms with Gasteiger partial charge >= 0.3 is 0 Å². The van der Waals surface area contributed by atoms with Crippen LogP contribution in [-0.4, -0.2) is 60.9 Å². The molecule has 1 aliphatic heterocycles. The summed E-state index contributed by atoms with van der Waals surface area (Å²) in [5.41, 5.74) is 4.35. The molecule has 0 aromatic carbocycles. The SMILES string of the molecule is CC[C@@H]1NC[C@H](CCCNC(=N)N)NC(=O)[C@@](C)(NC(=O)C(C)C)CCCCCCNC1=O. The molecule has 0 aromatic heterocycles. The van der Waals surface area contributed by atoms with Crippen molar-refractivity contribution >= 4 is 23.7 Å². The summed E-state index contributed by atoms with van der Waals surface area (Å²) in [4.78, 5) is 38.4. The lowest BCUT2D eigenvalue weighted by molar-refractivity contribution is -0.135. The molecule has 0 aliphatic carbocycles. The summed E-state index contributed by atoms with van der Waals surface area (Å²) in [6.45, 7) is 8.94. The number of carbonyl (C=O) groups is 3. The van der Waals surface area contributed by atoms with Gasteiger partial charge in [0.1, 0.15) is 5.54 Å². The molecular weight excluding hydrogens is 422 g/mol. The zero-order valence-electron chi connectivity index (χ0n) is 20.8. The maximum absolute atomic E-state index is 13.4. The maximum atomic E-state index is 13.4. The van der Waals surface area contributed by atoms with Crippen LogP contribution in [0.3, 0.4) is 0 Å². The Kier molecular flexibility index (Phi) is 12.8. The molecule has 1 rings (SSSR count). The molecule has 3 atom stereocenters. The van der Waals surface area contributed by atoms with Gasteiger partial charge in [0.2, 0.25) is 17.7 Å². The van der Waals surface area contributed by atoms with Gasteiger partial charge in [-0.05, 0) is 39.0 Å². The molecule has 1 saturated heterocycles. The summed E-state index contributed by atoms with van der Waals surface area (Å²) < 4.78 is 0. The first-order chi connectivity index (χ1) is 15.6. The molecule has 1 heterocycles. The van der Waals surface area contributed by atoms with E-state index in [2.05, 4.69) is 26.6 Å². The molecule has 0 saturated carbocycles. The largest absolute Gasteiger partial charge is 0.370 e. The quantitative estimate of drug-likeness (QED) is 0.166. The number of hydrogen-bond donors (Lipinski definition) is 7. The maximum Gasteiger partial charge on any atom is 0.245 e. The van der Waals surface area contributed by atoms with E-state index in [1.54, 1.807) is 6.92 Å². The number of rotatable bonds is 7. The first-order valence-corrected chi connectivity index (χ1v) is 12.3. The third-order valence-corrected chi connectivity index (χ3v) is 6.04. The van der Waals surface area contributed by atoms with E-state index in [1.807, 2.05) is 20.8 Å². The van der Waals surface area contributed by atoms with Crippen LogP contribution in [0.1, 0.15) is 79.1 Å². The van der Waals surface area contributed by atoms with Crippen molar-refractivity contribution in [1.29, 1.82) is 5.41 Å². The van der Waals surface area contributed by atoms with E-state index in [0.717, 1.165) is 25.7 Å². The lowest BCUT2D eigenvalue weighted by Gasteiger charge is -2.33. The van der Waals surface area contributed by atoms with E-state index in [4.69, 9.17) is 11.1 Å². The zero-order valence-corrected chi connectivity index (χ0v) is 20.8. The lowest BCUT2D eigenvalue weighted by Crippen LogP contribution is -2.60. The van der Waals surface area contributed by atoms with Gasteiger partial charge in [0.25, 0.3) is 0 Å². The van der Waals surface area contributed by atoms with E-state index in [9.17, 15) is 14.4 Å². The first kappa shape index (κ1) is 28.7. The second-order valence-electron chi connectivity index (χ2n) is 9.45. The molecule has 8 N–H and O–H groups in total. The topological polar surface area (TPSA) is 161 Å². The van der Waals surface area contributed by atoms with Crippen molar-refractivity contribution in [3.8, 4) is 0 Å². The van der Waals surface area contributed by atoms with Crippen molar-refractivity contribution in [3.05, 3.63) is 0 Å². The van der Waals surface area contributed by atoms with Crippen LogP contribution in [0.5, 0.6) is 0 Å². The fourth-order valence-corrected chi connectivity index (χ4v) is 3.79. The predicted octanol–water partition coefficient (Wildman–Crippen LogP) is 0.714. The first-order valence-electron chi connectivity index (χ1n) is 12.3. The standard InChI is InChI=1S/C23H45N7O3/c1-5-18-20(32)26-13-9-7-6-8-12-23(4,30-19(31)16(2)3)21(33)29-17(15-28-18)11-10-14-27-22(24)25/h16-18,28H,5-15H2,1-4H3,(H,26,32)(H,29,33)(H,30,31)(H4,24,25,27)/t17-,18-,23-/m0/s1. The van der Waals surface area contributed by atoms with Gasteiger partial charge in [-0.25, -0.2) is 0 Å². The number of carbonyl (C=O) groups excluding carboxylic acids is 3. The molecule has 0 radical (unpaired) electrons. The number of hydrogen-bond acceptors (Lipinski definition) is 5. The fraction of sp³-hybridized carbons (Fsp3) is 0.826. The Bertz CT molecular complexity index is 656. The molecule has 190 valence electrons. The van der Waals surface area contributed by atoms with Crippen LogP contribution in [0.2, 0.25) is 0 Å². The van der Waals surface area contributed by atoms with Gasteiger partial charge in [-0.2, -0.15) is 0 Å². The van der Waals surface area contributed by atoms with Crippen LogP contribution < -0.4 is 32.3 Å². The van der Waals surface area contributed by atoms with Crippen molar-refractivity contribution < 1.29 is 14.4 Å². The minimum atomic E-state index is -1.00. The smallest absolute Gasteiger partial charge is 0.245 e. The van der Waals surface area contributed by atoms with Gasteiger partial charge in [-0.1, -0.05) is 40.0 Å². The van der Waals surface area contributed by atoms with E-state index in [1.165, 1.54) is 0 Å². The minimum Gasteiger partial charge on any atom is -0.370 e.